The number of fused-ring (bicyclic) bond motifs is 1. The molecule has 1 unspecified atom stereocenters. The highest BCUT2D eigenvalue weighted by atomic mass is 16.3. The van der Waals surface area contributed by atoms with Crippen LogP contribution in [-0.4, -0.2) is 37.8 Å². The SMILES string of the molecule is O=C(Cn1nc2ccccn2c1=O)NCC(O)C1CCCC1. The van der Waals surface area contributed by atoms with Crippen molar-refractivity contribution in [3.05, 3.63) is 34.9 Å². The molecule has 1 atom stereocenters. The summed E-state index contributed by atoms with van der Waals surface area (Å²) >= 11 is 0. The Bertz CT molecular complexity index is 715. The smallest absolute Gasteiger partial charge is 0.350 e. The number of carbonyl (C=O) groups excluding carboxylic acids is 1. The Labute approximate surface area is 127 Å². The number of amides is 1. The van der Waals surface area contributed by atoms with Crippen molar-refractivity contribution in [3.63, 3.8) is 0 Å². The molecule has 0 aromatic carbocycles. The van der Waals surface area contributed by atoms with E-state index in [1.807, 2.05) is 0 Å². The molecule has 7 heteroatoms. The highest BCUT2D eigenvalue weighted by Crippen LogP contribution is 2.27. The zero-order chi connectivity index (χ0) is 15.5. The Morgan fingerprint density at radius 2 is 2.18 bits per heavy atom. The Balaban J connectivity index is 1.58. The van der Waals surface area contributed by atoms with Crippen LogP contribution in [0.15, 0.2) is 29.2 Å². The summed E-state index contributed by atoms with van der Waals surface area (Å²) in [7, 11) is 0. The number of nitrogens with one attached hydrogen (secondary N) is 1. The molecule has 0 aliphatic heterocycles. The molecule has 2 aromatic heterocycles. The number of rotatable bonds is 5. The van der Waals surface area contributed by atoms with Crippen LogP contribution < -0.4 is 11.0 Å². The van der Waals surface area contributed by atoms with E-state index in [2.05, 4.69) is 10.4 Å². The van der Waals surface area contributed by atoms with E-state index in [0.29, 0.717) is 5.65 Å². The first-order chi connectivity index (χ1) is 10.6. The molecule has 3 rings (SSSR count). The second-order valence-electron chi connectivity index (χ2n) is 5.79. The molecule has 7 nitrogen and oxygen atoms in total. The van der Waals surface area contributed by atoms with Crippen molar-refractivity contribution in [1.82, 2.24) is 19.5 Å². The van der Waals surface area contributed by atoms with E-state index in [0.717, 1.165) is 30.4 Å². The van der Waals surface area contributed by atoms with E-state index < -0.39 is 6.10 Å². The average Bonchev–Trinajstić information content (AvgIpc) is 3.15. The maximum Gasteiger partial charge on any atom is 0.350 e. The number of nitrogens with zero attached hydrogens (tertiary/aromatic N) is 3. The first-order valence-electron chi connectivity index (χ1n) is 7.64. The van der Waals surface area contributed by atoms with Gasteiger partial charge in [0.15, 0.2) is 5.65 Å². The van der Waals surface area contributed by atoms with Crippen LogP contribution in [0, 0.1) is 5.92 Å². The molecule has 2 heterocycles. The Hall–Kier alpha value is -2.15. The number of hydrogen-bond donors (Lipinski definition) is 2. The maximum absolute atomic E-state index is 12.0. The maximum atomic E-state index is 12.0. The third kappa shape index (κ3) is 3.04. The lowest BCUT2D eigenvalue weighted by Crippen LogP contribution is -2.39. The van der Waals surface area contributed by atoms with Crippen LogP contribution in [0.2, 0.25) is 0 Å². The summed E-state index contributed by atoms with van der Waals surface area (Å²) in [6.45, 7) is 0.0868. The fourth-order valence-electron chi connectivity index (χ4n) is 2.99. The molecule has 1 amide bonds. The van der Waals surface area contributed by atoms with Crippen molar-refractivity contribution >= 4 is 11.6 Å². The van der Waals surface area contributed by atoms with E-state index in [4.69, 9.17) is 0 Å². The summed E-state index contributed by atoms with van der Waals surface area (Å²) in [4.78, 5) is 24.0. The van der Waals surface area contributed by atoms with Crippen LogP contribution in [-0.2, 0) is 11.3 Å². The predicted octanol–water partition coefficient (Wildman–Crippen LogP) is 0.163. The highest BCUT2D eigenvalue weighted by Gasteiger charge is 2.23. The van der Waals surface area contributed by atoms with Crippen LogP contribution in [0.25, 0.3) is 5.65 Å². The normalized spacial score (nSPS) is 17.0. The second-order valence-corrected chi connectivity index (χ2v) is 5.79. The summed E-state index contributed by atoms with van der Waals surface area (Å²) in [5.41, 5.74) is 0.161. The number of carbonyl (C=O) groups is 1. The van der Waals surface area contributed by atoms with E-state index in [1.165, 1.54) is 4.40 Å². The minimum atomic E-state index is -0.510. The van der Waals surface area contributed by atoms with Gasteiger partial charge in [-0.1, -0.05) is 18.9 Å². The number of hydrogen-bond acceptors (Lipinski definition) is 4. The van der Waals surface area contributed by atoms with Gasteiger partial charge in [0.2, 0.25) is 5.91 Å². The van der Waals surface area contributed by atoms with Crippen LogP contribution in [0.3, 0.4) is 0 Å². The van der Waals surface area contributed by atoms with Gasteiger partial charge in [-0.05, 0) is 30.9 Å². The summed E-state index contributed by atoms with van der Waals surface area (Å²) < 4.78 is 2.52. The minimum Gasteiger partial charge on any atom is -0.391 e. The van der Waals surface area contributed by atoms with Crippen molar-refractivity contribution in [3.8, 4) is 0 Å². The fraction of sp³-hybridized carbons (Fsp3) is 0.533. The van der Waals surface area contributed by atoms with Gasteiger partial charge in [0, 0.05) is 12.7 Å². The van der Waals surface area contributed by atoms with Crippen molar-refractivity contribution < 1.29 is 9.90 Å². The van der Waals surface area contributed by atoms with Crippen molar-refractivity contribution in [2.75, 3.05) is 6.54 Å². The lowest BCUT2D eigenvalue weighted by Gasteiger charge is -2.17. The third-order valence-corrected chi connectivity index (χ3v) is 4.23. The summed E-state index contributed by atoms with van der Waals surface area (Å²) in [5.74, 6) is -0.0410. The van der Waals surface area contributed by atoms with E-state index >= 15 is 0 Å². The van der Waals surface area contributed by atoms with Gasteiger partial charge in [-0.25, -0.2) is 9.48 Å². The lowest BCUT2D eigenvalue weighted by molar-refractivity contribution is -0.122. The highest BCUT2D eigenvalue weighted by molar-refractivity contribution is 5.75. The average molecular weight is 304 g/mol. The lowest BCUT2D eigenvalue weighted by atomic mass is 10.0. The minimum absolute atomic E-state index is 0.141. The molecule has 118 valence electrons. The summed E-state index contributed by atoms with van der Waals surface area (Å²) in [6.07, 6.45) is 5.43. The van der Waals surface area contributed by atoms with Gasteiger partial charge in [-0.3, -0.25) is 9.20 Å². The van der Waals surface area contributed by atoms with Crippen LogP contribution in [0.1, 0.15) is 25.7 Å². The molecule has 0 saturated heterocycles. The molecule has 2 N–H and O–H groups in total. The van der Waals surface area contributed by atoms with E-state index in [9.17, 15) is 14.7 Å². The Morgan fingerprint density at radius 3 is 2.91 bits per heavy atom. The van der Waals surface area contributed by atoms with Gasteiger partial charge < -0.3 is 10.4 Å². The van der Waals surface area contributed by atoms with E-state index in [-0.39, 0.29) is 30.6 Å². The van der Waals surface area contributed by atoms with Gasteiger partial charge >= 0.3 is 5.69 Å². The molecule has 0 bridgehead atoms. The molecule has 1 aliphatic carbocycles. The Kier molecular flexibility index (Phi) is 4.24. The number of pyridine rings is 1. The molecule has 1 saturated carbocycles. The molecular weight excluding hydrogens is 284 g/mol. The monoisotopic (exact) mass is 304 g/mol. The molecule has 2 aromatic rings. The van der Waals surface area contributed by atoms with Gasteiger partial charge in [0.25, 0.3) is 0 Å². The molecule has 0 radical (unpaired) electrons. The number of aromatic nitrogens is 3. The van der Waals surface area contributed by atoms with Crippen LogP contribution in [0.4, 0.5) is 0 Å². The number of aliphatic hydroxyl groups excluding tert-OH is 1. The zero-order valence-corrected chi connectivity index (χ0v) is 12.3. The zero-order valence-electron chi connectivity index (χ0n) is 12.3. The first-order valence-corrected chi connectivity index (χ1v) is 7.64. The van der Waals surface area contributed by atoms with Crippen LogP contribution >= 0.6 is 0 Å². The van der Waals surface area contributed by atoms with Gasteiger partial charge in [0.05, 0.1) is 6.10 Å². The molecule has 1 aliphatic rings. The van der Waals surface area contributed by atoms with Gasteiger partial charge in [-0.2, -0.15) is 0 Å². The third-order valence-electron chi connectivity index (χ3n) is 4.23. The largest absolute Gasteiger partial charge is 0.391 e. The van der Waals surface area contributed by atoms with Gasteiger partial charge in [0.1, 0.15) is 6.54 Å². The molecular formula is C15H20N4O3. The quantitative estimate of drug-likeness (QED) is 0.824. The van der Waals surface area contributed by atoms with Crippen molar-refractivity contribution in [2.45, 2.75) is 38.3 Å². The predicted molar refractivity (Wildman–Crippen MR) is 80.4 cm³/mol. The second kappa shape index (κ2) is 6.31. The topological polar surface area (TPSA) is 88.6 Å². The molecule has 1 fully saturated rings. The number of aliphatic hydroxyl groups is 1. The Morgan fingerprint density at radius 1 is 1.41 bits per heavy atom. The van der Waals surface area contributed by atoms with Gasteiger partial charge in [-0.15, -0.1) is 5.10 Å². The van der Waals surface area contributed by atoms with Crippen molar-refractivity contribution in [1.29, 1.82) is 0 Å². The van der Waals surface area contributed by atoms with E-state index in [1.54, 1.807) is 24.4 Å². The fourth-order valence-corrected chi connectivity index (χ4v) is 2.99. The van der Waals surface area contributed by atoms with Crippen LogP contribution in [0.5, 0.6) is 0 Å². The molecule has 0 spiro atoms. The van der Waals surface area contributed by atoms with Crippen molar-refractivity contribution in [2.24, 2.45) is 5.92 Å². The summed E-state index contributed by atoms with van der Waals surface area (Å²) in [6, 6.07) is 5.22. The standard InChI is InChI=1S/C15H20N4O3/c20-12(11-5-1-2-6-11)9-16-14(21)10-19-15(22)18-8-4-3-7-13(18)17-19/h3-4,7-8,11-12,20H,1-2,5-6,9-10H2,(H,16,21). The summed E-state index contributed by atoms with van der Waals surface area (Å²) in [5, 5.41) is 16.8. The molecule has 22 heavy (non-hydrogen) atoms. The first kappa shape index (κ1) is 14.8.